The van der Waals surface area contributed by atoms with Crippen LogP contribution in [0.5, 0.6) is 0 Å². The molecule has 2 nitrogen and oxygen atoms in total. The van der Waals surface area contributed by atoms with Crippen molar-refractivity contribution in [2.45, 2.75) is 66.1 Å². The quantitative estimate of drug-likeness (QED) is 0.718. The van der Waals surface area contributed by atoms with Crippen LogP contribution in [0.2, 0.25) is 0 Å². The minimum atomic E-state index is 0.256. The molecule has 0 saturated carbocycles. The number of nitrogens with one attached hydrogen (secondary N) is 1. The Morgan fingerprint density at radius 1 is 1.27 bits per heavy atom. The Labute approximate surface area is 95.4 Å². The van der Waals surface area contributed by atoms with Gasteiger partial charge in [0.25, 0.3) is 0 Å². The SMILES string of the molecule is CC(C)N1CC(C)(C)NCC1C(C)(C)C. The molecule has 0 aromatic heterocycles. The molecular weight excluding hydrogens is 184 g/mol. The fourth-order valence-corrected chi connectivity index (χ4v) is 2.46. The van der Waals surface area contributed by atoms with Crippen molar-refractivity contribution in [2.75, 3.05) is 13.1 Å². The maximum Gasteiger partial charge on any atom is 0.0272 e. The second kappa shape index (κ2) is 4.06. The Bertz CT molecular complexity index is 213. The first-order chi connectivity index (χ1) is 6.63. The van der Waals surface area contributed by atoms with Gasteiger partial charge in [0.1, 0.15) is 0 Å². The maximum absolute atomic E-state index is 3.66. The molecule has 15 heavy (non-hydrogen) atoms. The number of hydrogen-bond acceptors (Lipinski definition) is 2. The smallest absolute Gasteiger partial charge is 0.0272 e. The number of rotatable bonds is 1. The van der Waals surface area contributed by atoms with Crippen molar-refractivity contribution < 1.29 is 0 Å². The van der Waals surface area contributed by atoms with Crippen molar-refractivity contribution >= 4 is 0 Å². The van der Waals surface area contributed by atoms with E-state index in [0.29, 0.717) is 17.5 Å². The summed E-state index contributed by atoms with van der Waals surface area (Å²) in [5.41, 5.74) is 0.611. The molecule has 1 unspecified atom stereocenters. The molecule has 1 saturated heterocycles. The number of piperazine rings is 1. The number of hydrogen-bond donors (Lipinski definition) is 1. The van der Waals surface area contributed by atoms with Crippen LogP contribution in [0, 0.1) is 5.41 Å². The standard InChI is InChI=1S/C13H28N2/c1-10(2)15-9-13(6,7)14-8-11(15)12(3,4)5/h10-11,14H,8-9H2,1-7H3. The lowest BCUT2D eigenvalue weighted by atomic mass is 9.81. The molecule has 0 amide bonds. The molecule has 0 radical (unpaired) electrons. The third kappa shape index (κ3) is 3.18. The van der Waals surface area contributed by atoms with Crippen molar-refractivity contribution in [1.29, 1.82) is 0 Å². The molecule has 2 heteroatoms. The van der Waals surface area contributed by atoms with E-state index in [1.54, 1.807) is 0 Å². The summed E-state index contributed by atoms with van der Waals surface area (Å²) in [7, 11) is 0. The average Bonchev–Trinajstić information content (AvgIpc) is 1.99. The zero-order valence-electron chi connectivity index (χ0n) is 11.5. The summed E-state index contributed by atoms with van der Waals surface area (Å²) in [5, 5.41) is 3.66. The van der Waals surface area contributed by atoms with Gasteiger partial charge in [0.15, 0.2) is 0 Å². The molecule has 1 rings (SSSR count). The normalized spacial score (nSPS) is 28.4. The molecule has 1 heterocycles. The zero-order chi connectivity index (χ0) is 11.9. The molecule has 0 aromatic carbocycles. The van der Waals surface area contributed by atoms with Crippen molar-refractivity contribution in [3.8, 4) is 0 Å². The summed E-state index contributed by atoms with van der Waals surface area (Å²) >= 11 is 0. The molecule has 0 aliphatic carbocycles. The first-order valence-corrected chi connectivity index (χ1v) is 6.14. The number of nitrogens with zero attached hydrogens (tertiary/aromatic N) is 1. The largest absolute Gasteiger partial charge is 0.309 e. The van der Waals surface area contributed by atoms with Gasteiger partial charge in [-0.3, -0.25) is 4.90 Å². The third-order valence-electron chi connectivity index (χ3n) is 3.42. The Balaban J connectivity index is 2.82. The van der Waals surface area contributed by atoms with E-state index >= 15 is 0 Å². The molecule has 90 valence electrons. The molecular formula is C13H28N2. The highest BCUT2D eigenvalue weighted by Gasteiger charge is 2.39. The van der Waals surface area contributed by atoms with Crippen LogP contribution in [-0.2, 0) is 0 Å². The first kappa shape index (κ1) is 13.0. The Kier molecular flexibility index (Phi) is 3.52. The summed E-state index contributed by atoms with van der Waals surface area (Å²) in [6.07, 6.45) is 0. The van der Waals surface area contributed by atoms with E-state index in [2.05, 4.69) is 58.7 Å². The molecule has 0 bridgehead atoms. The summed E-state index contributed by atoms with van der Waals surface area (Å²) in [4.78, 5) is 2.65. The van der Waals surface area contributed by atoms with Crippen molar-refractivity contribution in [3.63, 3.8) is 0 Å². The summed E-state index contributed by atoms with van der Waals surface area (Å²) in [5.74, 6) is 0. The highest BCUT2D eigenvalue weighted by atomic mass is 15.3. The predicted octanol–water partition coefficient (Wildman–Crippen LogP) is 2.49. The average molecular weight is 212 g/mol. The minimum Gasteiger partial charge on any atom is -0.309 e. The summed E-state index contributed by atoms with van der Waals surface area (Å²) in [6, 6.07) is 1.28. The van der Waals surface area contributed by atoms with E-state index in [4.69, 9.17) is 0 Å². The fourth-order valence-electron chi connectivity index (χ4n) is 2.46. The van der Waals surface area contributed by atoms with Crippen LogP contribution >= 0.6 is 0 Å². The van der Waals surface area contributed by atoms with E-state index in [1.165, 1.54) is 0 Å². The summed E-state index contributed by atoms with van der Waals surface area (Å²) < 4.78 is 0. The second-order valence-corrected chi connectivity index (χ2v) is 6.91. The van der Waals surface area contributed by atoms with E-state index < -0.39 is 0 Å². The van der Waals surface area contributed by atoms with E-state index in [0.717, 1.165) is 13.1 Å². The Morgan fingerprint density at radius 3 is 2.20 bits per heavy atom. The highest BCUT2D eigenvalue weighted by Crippen LogP contribution is 2.29. The first-order valence-electron chi connectivity index (χ1n) is 6.14. The minimum absolute atomic E-state index is 0.256. The highest BCUT2D eigenvalue weighted by molar-refractivity contribution is 4.97. The second-order valence-electron chi connectivity index (χ2n) is 6.91. The molecule has 1 aliphatic rings. The molecule has 0 aromatic rings. The molecule has 1 atom stereocenters. The topological polar surface area (TPSA) is 15.3 Å². The van der Waals surface area contributed by atoms with Crippen LogP contribution in [-0.4, -0.2) is 35.6 Å². The van der Waals surface area contributed by atoms with Gasteiger partial charge in [0, 0.05) is 30.7 Å². The van der Waals surface area contributed by atoms with Gasteiger partial charge in [0.05, 0.1) is 0 Å². The lowest BCUT2D eigenvalue weighted by Crippen LogP contribution is -2.66. The third-order valence-corrected chi connectivity index (χ3v) is 3.42. The zero-order valence-corrected chi connectivity index (χ0v) is 11.5. The Hall–Kier alpha value is -0.0800. The van der Waals surface area contributed by atoms with E-state index in [9.17, 15) is 0 Å². The predicted molar refractivity (Wildman–Crippen MR) is 67.2 cm³/mol. The van der Waals surface area contributed by atoms with Gasteiger partial charge in [-0.15, -0.1) is 0 Å². The Morgan fingerprint density at radius 2 is 1.80 bits per heavy atom. The monoisotopic (exact) mass is 212 g/mol. The van der Waals surface area contributed by atoms with Gasteiger partial charge in [-0.05, 0) is 33.1 Å². The van der Waals surface area contributed by atoms with Crippen molar-refractivity contribution in [2.24, 2.45) is 5.41 Å². The van der Waals surface area contributed by atoms with Gasteiger partial charge in [-0.2, -0.15) is 0 Å². The van der Waals surface area contributed by atoms with Crippen LogP contribution in [0.25, 0.3) is 0 Å². The fraction of sp³-hybridized carbons (Fsp3) is 1.00. The van der Waals surface area contributed by atoms with Gasteiger partial charge in [0.2, 0.25) is 0 Å². The van der Waals surface area contributed by atoms with Crippen LogP contribution < -0.4 is 5.32 Å². The molecule has 1 N–H and O–H groups in total. The van der Waals surface area contributed by atoms with Crippen LogP contribution in [0.4, 0.5) is 0 Å². The van der Waals surface area contributed by atoms with Crippen molar-refractivity contribution in [3.05, 3.63) is 0 Å². The maximum atomic E-state index is 3.66. The van der Waals surface area contributed by atoms with E-state index in [-0.39, 0.29) is 5.54 Å². The lowest BCUT2D eigenvalue weighted by Gasteiger charge is -2.51. The molecule has 1 fully saturated rings. The van der Waals surface area contributed by atoms with Gasteiger partial charge >= 0.3 is 0 Å². The van der Waals surface area contributed by atoms with Crippen LogP contribution in [0.15, 0.2) is 0 Å². The lowest BCUT2D eigenvalue weighted by molar-refractivity contribution is 0.0110. The van der Waals surface area contributed by atoms with E-state index in [1.807, 2.05) is 0 Å². The molecule has 1 aliphatic heterocycles. The van der Waals surface area contributed by atoms with Gasteiger partial charge in [-0.1, -0.05) is 20.8 Å². The van der Waals surface area contributed by atoms with Crippen molar-refractivity contribution in [1.82, 2.24) is 10.2 Å². The van der Waals surface area contributed by atoms with Gasteiger partial charge in [-0.25, -0.2) is 0 Å². The molecule has 0 spiro atoms. The summed E-state index contributed by atoms with van der Waals surface area (Å²) in [6.45, 7) is 18.5. The van der Waals surface area contributed by atoms with Crippen LogP contribution in [0.1, 0.15) is 48.5 Å². The van der Waals surface area contributed by atoms with Crippen LogP contribution in [0.3, 0.4) is 0 Å². The van der Waals surface area contributed by atoms with Gasteiger partial charge < -0.3 is 5.32 Å².